The Morgan fingerprint density at radius 2 is 1.55 bits per heavy atom. The fraction of sp³-hybridized carbons (Fsp3) is 0.0476. The van der Waals surface area contributed by atoms with Crippen molar-refractivity contribution in [2.45, 2.75) is 0 Å². The smallest absolute Gasteiger partial charge is 0.256 e. The molecule has 0 fully saturated rings. The number of amides is 3. The third-order valence-corrected chi connectivity index (χ3v) is 4.58. The van der Waals surface area contributed by atoms with Crippen molar-refractivity contribution in [3.8, 4) is 0 Å². The summed E-state index contributed by atoms with van der Waals surface area (Å²) in [5.74, 6) is -1.22. The van der Waals surface area contributed by atoms with Crippen molar-refractivity contribution in [1.29, 1.82) is 0 Å². The zero-order chi connectivity index (χ0) is 20.6. The van der Waals surface area contributed by atoms with Crippen LogP contribution < -0.4 is 16.0 Å². The summed E-state index contributed by atoms with van der Waals surface area (Å²) < 4.78 is 0.645. The zero-order valence-corrected chi connectivity index (χ0v) is 16.8. The largest absolute Gasteiger partial charge is 0.343 e. The molecular weight excluding hydrogens is 436 g/mol. The van der Waals surface area contributed by atoms with Gasteiger partial charge in [0, 0.05) is 10.7 Å². The molecule has 0 aliphatic rings. The van der Waals surface area contributed by atoms with Crippen LogP contribution in [0.1, 0.15) is 20.7 Å². The first-order chi connectivity index (χ1) is 14.0. The van der Waals surface area contributed by atoms with E-state index in [1.807, 2.05) is 0 Å². The van der Waals surface area contributed by atoms with Gasteiger partial charge in [-0.1, -0.05) is 24.3 Å². The van der Waals surface area contributed by atoms with Crippen molar-refractivity contribution in [2.75, 3.05) is 17.2 Å². The van der Waals surface area contributed by atoms with Crippen LogP contribution in [0.4, 0.5) is 11.4 Å². The highest BCUT2D eigenvalue weighted by Crippen LogP contribution is 2.20. The number of nitrogens with one attached hydrogen (secondary N) is 3. The normalized spacial score (nSPS) is 10.1. The van der Waals surface area contributed by atoms with Crippen LogP contribution in [0.5, 0.6) is 0 Å². The van der Waals surface area contributed by atoms with Gasteiger partial charge in [-0.25, -0.2) is 0 Å². The number of nitrogens with zero attached hydrogens (tertiary/aromatic N) is 1. The number of hydrogen-bond donors (Lipinski definition) is 3. The Bertz CT molecular complexity index is 1040. The van der Waals surface area contributed by atoms with Crippen LogP contribution >= 0.6 is 15.9 Å². The molecule has 0 aliphatic carbocycles. The maximum atomic E-state index is 12.5. The van der Waals surface area contributed by atoms with Crippen LogP contribution in [-0.4, -0.2) is 29.3 Å². The van der Waals surface area contributed by atoms with Gasteiger partial charge in [0.2, 0.25) is 5.91 Å². The summed E-state index contributed by atoms with van der Waals surface area (Å²) in [6, 6.07) is 17.0. The summed E-state index contributed by atoms with van der Waals surface area (Å²) in [4.78, 5) is 41.0. The molecule has 0 spiro atoms. The molecule has 0 saturated heterocycles. The number of hydrogen-bond acceptors (Lipinski definition) is 4. The van der Waals surface area contributed by atoms with Crippen LogP contribution in [0.2, 0.25) is 0 Å². The summed E-state index contributed by atoms with van der Waals surface area (Å²) in [5.41, 5.74) is 1.58. The van der Waals surface area contributed by atoms with E-state index in [1.165, 1.54) is 6.20 Å². The van der Waals surface area contributed by atoms with Crippen molar-refractivity contribution < 1.29 is 14.4 Å². The average Bonchev–Trinajstić information content (AvgIpc) is 2.73. The van der Waals surface area contributed by atoms with Gasteiger partial charge in [0.15, 0.2) is 0 Å². The highest BCUT2D eigenvalue weighted by Gasteiger charge is 2.16. The number of para-hydroxylation sites is 1. The number of pyridine rings is 1. The van der Waals surface area contributed by atoms with Gasteiger partial charge in [0.25, 0.3) is 11.8 Å². The molecule has 3 N–H and O–H groups in total. The van der Waals surface area contributed by atoms with E-state index in [0.29, 0.717) is 21.4 Å². The predicted molar refractivity (Wildman–Crippen MR) is 114 cm³/mol. The fourth-order valence-electron chi connectivity index (χ4n) is 2.52. The molecular formula is C21H17BrN4O3. The second kappa shape index (κ2) is 9.61. The van der Waals surface area contributed by atoms with Crippen molar-refractivity contribution in [3.05, 3.63) is 88.7 Å². The maximum absolute atomic E-state index is 12.5. The summed E-state index contributed by atoms with van der Waals surface area (Å²) in [5, 5.41) is 7.92. The molecule has 3 aromatic rings. The standard InChI is InChI=1S/C21H17BrN4O3/c22-17-9-3-1-7-15(17)21(29)26-18-10-4-2-8-16(18)20(28)24-13-19(27)25-14-6-5-11-23-12-14/h1-12H,13H2,(H,24,28)(H,25,27)(H,26,29). The minimum atomic E-state index is -0.477. The molecule has 0 radical (unpaired) electrons. The second-order valence-corrected chi connectivity index (χ2v) is 6.81. The number of carbonyl (C=O) groups excluding carboxylic acids is 3. The first kappa shape index (κ1) is 20.2. The molecule has 1 heterocycles. The Hall–Kier alpha value is -3.52. The van der Waals surface area contributed by atoms with E-state index in [1.54, 1.807) is 66.9 Å². The lowest BCUT2D eigenvalue weighted by Crippen LogP contribution is -2.33. The van der Waals surface area contributed by atoms with Gasteiger partial charge in [0.05, 0.1) is 35.2 Å². The van der Waals surface area contributed by atoms with Gasteiger partial charge in [0.1, 0.15) is 0 Å². The van der Waals surface area contributed by atoms with Crippen LogP contribution in [-0.2, 0) is 4.79 Å². The second-order valence-electron chi connectivity index (χ2n) is 5.95. The van der Waals surface area contributed by atoms with Gasteiger partial charge < -0.3 is 16.0 Å². The van der Waals surface area contributed by atoms with E-state index in [9.17, 15) is 14.4 Å². The Labute approximate surface area is 175 Å². The van der Waals surface area contributed by atoms with Crippen LogP contribution in [0, 0.1) is 0 Å². The molecule has 1 aromatic heterocycles. The maximum Gasteiger partial charge on any atom is 0.256 e. The molecule has 8 heteroatoms. The molecule has 0 bridgehead atoms. The minimum Gasteiger partial charge on any atom is -0.343 e. The number of aromatic nitrogens is 1. The Morgan fingerprint density at radius 1 is 0.828 bits per heavy atom. The Balaban J connectivity index is 1.65. The number of anilines is 2. The quantitative estimate of drug-likeness (QED) is 0.532. The fourth-order valence-corrected chi connectivity index (χ4v) is 2.99. The minimum absolute atomic E-state index is 0.222. The van der Waals surface area contributed by atoms with Crippen LogP contribution in [0.3, 0.4) is 0 Å². The van der Waals surface area contributed by atoms with Gasteiger partial charge in [-0.2, -0.15) is 0 Å². The number of benzene rings is 2. The van der Waals surface area contributed by atoms with Crippen molar-refractivity contribution in [3.63, 3.8) is 0 Å². The highest BCUT2D eigenvalue weighted by molar-refractivity contribution is 9.10. The molecule has 0 saturated carbocycles. The van der Waals surface area contributed by atoms with E-state index in [-0.39, 0.29) is 23.9 Å². The first-order valence-corrected chi connectivity index (χ1v) is 9.47. The van der Waals surface area contributed by atoms with E-state index in [2.05, 4.69) is 36.9 Å². The molecule has 3 amide bonds. The molecule has 0 unspecified atom stereocenters. The number of rotatable bonds is 6. The molecule has 3 rings (SSSR count). The summed E-state index contributed by atoms with van der Waals surface area (Å²) in [6.45, 7) is -0.222. The molecule has 29 heavy (non-hydrogen) atoms. The monoisotopic (exact) mass is 452 g/mol. The lowest BCUT2D eigenvalue weighted by atomic mass is 10.1. The lowest BCUT2D eigenvalue weighted by Gasteiger charge is -2.12. The van der Waals surface area contributed by atoms with Gasteiger partial charge >= 0.3 is 0 Å². The van der Waals surface area contributed by atoms with Crippen molar-refractivity contribution in [2.24, 2.45) is 0 Å². The number of halogens is 1. The SMILES string of the molecule is O=C(CNC(=O)c1ccccc1NC(=O)c1ccccc1Br)Nc1cccnc1. The van der Waals surface area contributed by atoms with Gasteiger partial charge in [-0.05, 0) is 52.3 Å². The molecule has 146 valence electrons. The van der Waals surface area contributed by atoms with E-state index in [4.69, 9.17) is 0 Å². The van der Waals surface area contributed by atoms with Crippen molar-refractivity contribution >= 4 is 45.0 Å². The van der Waals surface area contributed by atoms with Gasteiger partial charge in [-0.15, -0.1) is 0 Å². The van der Waals surface area contributed by atoms with Crippen molar-refractivity contribution in [1.82, 2.24) is 10.3 Å². The third-order valence-electron chi connectivity index (χ3n) is 3.89. The third kappa shape index (κ3) is 5.49. The predicted octanol–water partition coefficient (Wildman–Crippen LogP) is 3.46. The van der Waals surface area contributed by atoms with E-state index >= 15 is 0 Å². The molecule has 0 atom stereocenters. The lowest BCUT2D eigenvalue weighted by molar-refractivity contribution is -0.115. The molecule has 0 aliphatic heterocycles. The van der Waals surface area contributed by atoms with Gasteiger partial charge in [-0.3, -0.25) is 19.4 Å². The summed E-state index contributed by atoms with van der Waals surface area (Å²) in [7, 11) is 0. The molecule has 7 nitrogen and oxygen atoms in total. The van der Waals surface area contributed by atoms with E-state index < -0.39 is 5.91 Å². The Kier molecular flexibility index (Phi) is 6.70. The van der Waals surface area contributed by atoms with Crippen LogP contribution in [0.25, 0.3) is 0 Å². The van der Waals surface area contributed by atoms with E-state index in [0.717, 1.165) is 0 Å². The topological polar surface area (TPSA) is 100 Å². The average molecular weight is 453 g/mol. The zero-order valence-electron chi connectivity index (χ0n) is 15.2. The molecule has 2 aromatic carbocycles. The Morgan fingerprint density at radius 3 is 2.28 bits per heavy atom. The van der Waals surface area contributed by atoms with Crippen LogP contribution in [0.15, 0.2) is 77.5 Å². The summed E-state index contributed by atoms with van der Waals surface area (Å²) >= 11 is 3.34. The summed E-state index contributed by atoms with van der Waals surface area (Å²) in [6.07, 6.45) is 3.10. The highest BCUT2D eigenvalue weighted by atomic mass is 79.9. The number of carbonyl (C=O) groups is 3. The first-order valence-electron chi connectivity index (χ1n) is 8.67.